The second-order valence-electron chi connectivity index (χ2n) is 5.63. The van der Waals surface area contributed by atoms with Crippen LogP contribution in [-0.4, -0.2) is 49.3 Å². The zero-order valence-corrected chi connectivity index (χ0v) is 14.1. The van der Waals surface area contributed by atoms with Crippen molar-refractivity contribution in [1.82, 2.24) is 4.90 Å². The van der Waals surface area contributed by atoms with Crippen molar-refractivity contribution in [3.63, 3.8) is 0 Å². The van der Waals surface area contributed by atoms with E-state index in [9.17, 15) is 9.90 Å². The molecular formula is C17H27NO4. The van der Waals surface area contributed by atoms with Crippen LogP contribution < -0.4 is 4.74 Å². The fourth-order valence-electron chi connectivity index (χ4n) is 2.25. The van der Waals surface area contributed by atoms with Crippen LogP contribution in [0, 0.1) is 5.92 Å². The van der Waals surface area contributed by atoms with Crippen molar-refractivity contribution in [2.75, 3.05) is 27.3 Å². The summed E-state index contributed by atoms with van der Waals surface area (Å²) in [7, 11) is 3.97. The van der Waals surface area contributed by atoms with E-state index < -0.39 is 5.97 Å². The molecule has 0 amide bonds. The van der Waals surface area contributed by atoms with Crippen LogP contribution in [-0.2, 0) is 4.74 Å². The number of aromatic hydroxyl groups is 1. The van der Waals surface area contributed by atoms with E-state index in [0.717, 1.165) is 6.42 Å². The number of ether oxygens (including phenoxy) is 2. The van der Waals surface area contributed by atoms with Gasteiger partial charge in [0.15, 0.2) is 11.5 Å². The number of nitrogens with zero attached hydrogens (tertiary/aromatic N) is 1. The number of phenols is 1. The molecule has 2 atom stereocenters. The summed E-state index contributed by atoms with van der Waals surface area (Å²) in [6.07, 6.45) is 1.02. The minimum Gasteiger partial charge on any atom is -0.504 e. The summed E-state index contributed by atoms with van der Waals surface area (Å²) in [5.41, 5.74) is 0.378. The van der Waals surface area contributed by atoms with E-state index in [0.29, 0.717) is 30.4 Å². The third-order valence-electron chi connectivity index (χ3n) is 3.84. The average Bonchev–Trinajstić information content (AvgIpc) is 2.49. The number of likely N-dealkylation sites (N-methyl/N-ethyl adjacent to an activating group) is 1. The highest BCUT2D eigenvalue weighted by Gasteiger charge is 2.21. The first-order valence-electron chi connectivity index (χ1n) is 7.70. The molecule has 0 saturated carbocycles. The van der Waals surface area contributed by atoms with Crippen LogP contribution in [0.3, 0.4) is 0 Å². The summed E-state index contributed by atoms with van der Waals surface area (Å²) in [6.45, 7) is 6.84. The lowest BCUT2D eigenvalue weighted by atomic mass is 9.99. The SMILES string of the molecule is CCOc1cc(C(=O)OC[C@H](C(C)CC)N(C)C)ccc1O. The topological polar surface area (TPSA) is 59.0 Å². The van der Waals surface area contributed by atoms with Gasteiger partial charge in [0.05, 0.1) is 12.2 Å². The van der Waals surface area contributed by atoms with Gasteiger partial charge in [-0.05, 0) is 45.1 Å². The summed E-state index contributed by atoms with van der Waals surface area (Å²) in [5.74, 6) is 0.338. The Morgan fingerprint density at radius 2 is 2.00 bits per heavy atom. The number of carbonyl (C=O) groups is 1. The molecule has 0 fully saturated rings. The molecule has 124 valence electrons. The summed E-state index contributed by atoms with van der Waals surface area (Å²) < 4.78 is 10.7. The maximum Gasteiger partial charge on any atom is 0.338 e. The molecule has 1 aromatic rings. The van der Waals surface area contributed by atoms with Crippen LogP contribution in [0.25, 0.3) is 0 Å². The van der Waals surface area contributed by atoms with Crippen molar-refractivity contribution in [1.29, 1.82) is 0 Å². The fourth-order valence-corrected chi connectivity index (χ4v) is 2.25. The van der Waals surface area contributed by atoms with Crippen molar-refractivity contribution in [2.24, 2.45) is 5.92 Å². The zero-order chi connectivity index (χ0) is 16.7. The normalized spacial score (nSPS) is 13.7. The Morgan fingerprint density at radius 1 is 1.32 bits per heavy atom. The standard InChI is InChI=1S/C17H27NO4/c1-6-12(3)14(18(4)5)11-22-17(20)13-8-9-15(19)16(10-13)21-7-2/h8-10,12,14,19H,6-7,11H2,1-5H3/t12?,14-/m1/s1. The summed E-state index contributed by atoms with van der Waals surface area (Å²) in [6, 6.07) is 4.67. The Labute approximate surface area is 132 Å². The zero-order valence-electron chi connectivity index (χ0n) is 14.1. The van der Waals surface area contributed by atoms with Crippen molar-refractivity contribution >= 4 is 5.97 Å². The van der Waals surface area contributed by atoms with Gasteiger partial charge in [-0.1, -0.05) is 20.3 Å². The van der Waals surface area contributed by atoms with Gasteiger partial charge in [-0.15, -0.1) is 0 Å². The molecule has 0 aliphatic heterocycles. The average molecular weight is 309 g/mol. The predicted octanol–water partition coefficient (Wildman–Crippen LogP) is 2.92. The molecule has 0 aromatic heterocycles. The third kappa shape index (κ3) is 4.91. The number of phenolic OH excluding ortho intramolecular Hbond substituents is 1. The Kier molecular flexibility index (Phi) is 7.18. The molecule has 1 unspecified atom stereocenters. The van der Waals surface area contributed by atoms with Crippen LogP contribution in [0.4, 0.5) is 0 Å². The van der Waals surface area contributed by atoms with Crippen molar-refractivity contribution in [3.8, 4) is 11.5 Å². The van der Waals surface area contributed by atoms with E-state index >= 15 is 0 Å². The Bertz CT molecular complexity index is 488. The second-order valence-corrected chi connectivity index (χ2v) is 5.63. The Hall–Kier alpha value is -1.75. The van der Waals surface area contributed by atoms with Crippen LogP contribution in [0.15, 0.2) is 18.2 Å². The molecule has 5 nitrogen and oxygen atoms in total. The predicted molar refractivity (Wildman–Crippen MR) is 86.5 cm³/mol. The smallest absolute Gasteiger partial charge is 0.338 e. The van der Waals surface area contributed by atoms with Crippen molar-refractivity contribution in [2.45, 2.75) is 33.2 Å². The maximum atomic E-state index is 12.2. The molecule has 1 aromatic carbocycles. The largest absolute Gasteiger partial charge is 0.504 e. The number of carbonyl (C=O) groups excluding carboxylic acids is 1. The molecule has 0 saturated heterocycles. The van der Waals surface area contributed by atoms with E-state index in [1.54, 1.807) is 0 Å². The molecule has 1 rings (SSSR count). The van der Waals surface area contributed by atoms with Crippen LogP contribution in [0.5, 0.6) is 11.5 Å². The van der Waals surface area contributed by atoms with Crippen LogP contribution in [0.1, 0.15) is 37.6 Å². The molecule has 0 aliphatic carbocycles. The van der Waals surface area contributed by atoms with E-state index in [1.807, 2.05) is 21.0 Å². The molecule has 5 heteroatoms. The highest BCUT2D eigenvalue weighted by atomic mass is 16.5. The molecule has 0 spiro atoms. The van der Waals surface area contributed by atoms with Gasteiger partial charge in [0.2, 0.25) is 0 Å². The van der Waals surface area contributed by atoms with Crippen LogP contribution >= 0.6 is 0 Å². The molecule has 0 bridgehead atoms. The van der Waals surface area contributed by atoms with E-state index in [2.05, 4.69) is 18.7 Å². The van der Waals surface area contributed by atoms with Gasteiger partial charge in [-0.25, -0.2) is 4.79 Å². The van der Waals surface area contributed by atoms with Crippen molar-refractivity contribution in [3.05, 3.63) is 23.8 Å². The molecule has 0 aliphatic rings. The quantitative estimate of drug-likeness (QED) is 0.748. The number of benzene rings is 1. The summed E-state index contributed by atoms with van der Waals surface area (Å²) >= 11 is 0. The molecular weight excluding hydrogens is 282 g/mol. The number of esters is 1. The molecule has 0 radical (unpaired) electrons. The highest BCUT2D eigenvalue weighted by Crippen LogP contribution is 2.27. The van der Waals surface area contributed by atoms with E-state index in [-0.39, 0.29) is 11.8 Å². The lowest BCUT2D eigenvalue weighted by Crippen LogP contribution is -2.38. The molecule has 0 heterocycles. The Morgan fingerprint density at radius 3 is 2.55 bits per heavy atom. The van der Waals surface area contributed by atoms with Gasteiger partial charge in [0, 0.05) is 6.04 Å². The number of rotatable bonds is 8. The Balaban J connectivity index is 2.74. The minimum atomic E-state index is -0.406. The van der Waals surface area contributed by atoms with Gasteiger partial charge in [0.1, 0.15) is 6.61 Å². The first-order chi connectivity index (χ1) is 10.4. The number of hydrogen-bond donors (Lipinski definition) is 1. The third-order valence-corrected chi connectivity index (χ3v) is 3.84. The van der Waals surface area contributed by atoms with Gasteiger partial charge in [0.25, 0.3) is 0 Å². The second kappa shape index (κ2) is 8.63. The van der Waals surface area contributed by atoms with Crippen molar-refractivity contribution < 1.29 is 19.4 Å². The number of hydrogen-bond acceptors (Lipinski definition) is 5. The van der Waals surface area contributed by atoms with Crippen LogP contribution in [0.2, 0.25) is 0 Å². The van der Waals surface area contributed by atoms with Gasteiger partial charge in [-0.3, -0.25) is 0 Å². The summed E-state index contributed by atoms with van der Waals surface area (Å²) in [4.78, 5) is 14.2. The molecule has 1 N–H and O–H groups in total. The van der Waals surface area contributed by atoms with E-state index in [4.69, 9.17) is 9.47 Å². The highest BCUT2D eigenvalue weighted by molar-refractivity contribution is 5.90. The lowest BCUT2D eigenvalue weighted by Gasteiger charge is -2.29. The van der Waals surface area contributed by atoms with Gasteiger partial charge in [-0.2, -0.15) is 0 Å². The summed E-state index contributed by atoms with van der Waals surface area (Å²) in [5, 5.41) is 9.66. The van der Waals surface area contributed by atoms with E-state index in [1.165, 1.54) is 18.2 Å². The van der Waals surface area contributed by atoms with Gasteiger partial charge < -0.3 is 19.5 Å². The fraction of sp³-hybridized carbons (Fsp3) is 0.588. The first-order valence-corrected chi connectivity index (χ1v) is 7.70. The molecule has 22 heavy (non-hydrogen) atoms. The maximum absolute atomic E-state index is 12.2. The monoisotopic (exact) mass is 309 g/mol. The minimum absolute atomic E-state index is 0.0178. The lowest BCUT2D eigenvalue weighted by molar-refractivity contribution is 0.0336. The first kappa shape index (κ1) is 18.3. The van der Waals surface area contributed by atoms with Gasteiger partial charge >= 0.3 is 5.97 Å².